The molecular weight excluding hydrogens is 280 g/mol. The molecule has 2 N–H and O–H groups in total. The van der Waals surface area contributed by atoms with Gasteiger partial charge in [-0.15, -0.1) is 0 Å². The predicted molar refractivity (Wildman–Crippen MR) is 85.2 cm³/mol. The lowest BCUT2D eigenvalue weighted by Crippen LogP contribution is -2.46. The third kappa shape index (κ3) is 4.00. The lowest BCUT2D eigenvalue weighted by Gasteiger charge is -2.31. The second-order valence-electron chi connectivity index (χ2n) is 6.93. The van der Waals surface area contributed by atoms with Crippen LogP contribution in [-0.4, -0.2) is 47.1 Å². The number of carbonyl (C=O) groups excluding carboxylic acids is 2. The van der Waals surface area contributed by atoms with E-state index in [-0.39, 0.29) is 42.3 Å². The summed E-state index contributed by atoms with van der Waals surface area (Å²) in [5, 5.41) is 12.5. The topological polar surface area (TPSA) is 69.6 Å². The number of hydrogen-bond donors (Lipinski definition) is 2. The van der Waals surface area contributed by atoms with Gasteiger partial charge in [0.1, 0.15) is 0 Å². The number of aliphatic hydroxyl groups is 1. The number of hydrogen-bond acceptors (Lipinski definition) is 3. The molecular formula is C17H30N2O3. The zero-order valence-electron chi connectivity index (χ0n) is 13.9. The van der Waals surface area contributed by atoms with Crippen molar-refractivity contribution >= 4 is 11.8 Å². The SMILES string of the molecule is CCCC(C)N1CC(C(=O)NC2CCCCC2CO)CC1=O. The van der Waals surface area contributed by atoms with Crippen LogP contribution in [0.3, 0.4) is 0 Å². The minimum absolute atomic E-state index is 0.00935. The maximum absolute atomic E-state index is 12.5. The van der Waals surface area contributed by atoms with Crippen molar-refractivity contribution < 1.29 is 14.7 Å². The number of likely N-dealkylation sites (tertiary alicyclic amines) is 1. The summed E-state index contributed by atoms with van der Waals surface area (Å²) in [6.07, 6.45) is 6.50. The van der Waals surface area contributed by atoms with Gasteiger partial charge in [-0.05, 0) is 26.2 Å². The summed E-state index contributed by atoms with van der Waals surface area (Å²) in [5.41, 5.74) is 0. The molecule has 4 unspecified atom stereocenters. The van der Waals surface area contributed by atoms with E-state index in [4.69, 9.17) is 0 Å². The Bertz CT molecular complexity index is 399. The van der Waals surface area contributed by atoms with Crippen LogP contribution in [-0.2, 0) is 9.59 Å². The summed E-state index contributed by atoms with van der Waals surface area (Å²) >= 11 is 0. The number of rotatable bonds is 6. The second kappa shape index (κ2) is 7.95. The van der Waals surface area contributed by atoms with Crippen LogP contribution in [0, 0.1) is 11.8 Å². The van der Waals surface area contributed by atoms with Gasteiger partial charge in [0.15, 0.2) is 0 Å². The van der Waals surface area contributed by atoms with Gasteiger partial charge >= 0.3 is 0 Å². The summed E-state index contributed by atoms with van der Waals surface area (Å²) in [5.74, 6) is 0.0337. The summed E-state index contributed by atoms with van der Waals surface area (Å²) in [7, 11) is 0. The Balaban J connectivity index is 1.89. The number of aliphatic hydroxyl groups excluding tert-OH is 1. The molecule has 1 aliphatic carbocycles. The molecule has 0 aromatic rings. The van der Waals surface area contributed by atoms with Crippen molar-refractivity contribution in [3.63, 3.8) is 0 Å². The predicted octanol–water partition coefficient (Wildman–Crippen LogP) is 1.69. The molecule has 0 aromatic carbocycles. The molecule has 0 spiro atoms. The third-order valence-electron chi connectivity index (χ3n) is 5.24. The van der Waals surface area contributed by atoms with Crippen LogP contribution in [0.4, 0.5) is 0 Å². The quantitative estimate of drug-likeness (QED) is 0.784. The molecule has 0 radical (unpaired) electrons. The molecule has 0 aromatic heterocycles. The first-order chi connectivity index (χ1) is 10.6. The van der Waals surface area contributed by atoms with E-state index in [1.54, 1.807) is 0 Å². The Morgan fingerprint density at radius 3 is 2.82 bits per heavy atom. The highest BCUT2D eigenvalue weighted by molar-refractivity contribution is 5.89. The lowest BCUT2D eigenvalue weighted by atomic mass is 9.84. The molecule has 5 heteroatoms. The zero-order chi connectivity index (χ0) is 16.1. The molecule has 2 amide bonds. The van der Waals surface area contributed by atoms with Crippen LogP contribution < -0.4 is 5.32 Å². The van der Waals surface area contributed by atoms with Crippen molar-refractivity contribution in [1.82, 2.24) is 10.2 Å². The van der Waals surface area contributed by atoms with Gasteiger partial charge in [0.25, 0.3) is 0 Å². The Morgan fingerprint density at radius 1 is 1.41 bits per heavy atom. The summed E-state index contributed by atoms with van der Waals surface area (Å²) in [6.45, 7) is 4.85. The Labute approximate surface area is 133 Å². The van der Waals surface area contributed by atoms with E-state index in [0.717, 1.165) is 38.5 Å². The highest BCUT2D eigenvalue weighted by Crippen LogP contribution is 2.26. The van der Waals surface area contributed by atoms with Crippen molar-refractivity contribution in [2.75, 3.05) is 13.2 Å². The third-order valence-corrected chi connectivity index (χ3v) is 5.24. The largest absolute Gasteiger partial charge is 0.396 e. The highest BCUT2D eigenvalue weighted by atomic mass is 16.3. The number of nitrogens with one attached hydrogen (secondary N) is 1. The van der Waals surface area contributed by atoms with Gasteiger partial charge in [0.2, 0.25) is 11.8 Å². The molecule has 1 heterocycles. The summed E-state index contributed by atoms with van der Waals surface area (Å²) in [6, 6.07) is 0.290. The zero-order valence-corrected chi connectivity index (χ0v) is 13.9. The molecule has 5 nitrogen and oxygen atoms in total. The Kier molecular flexibility index (Phi) is 6.24. The molecule has 126 valence electrons. The van der Waals surface area contributed by atoms with E-state index in [2.05, 4.69) is 19.2 Å². The van der Waals surface area contributed by atoms with Gasteiger partial charge in [0, 0.05) is 37.6 Å². The van der Waals surface area contributed by atoms with Crippen LogP contribution in [0.5, 0.6) is 0 Å². The normalized spacial score (nSPS) is 30.4. The Hall–Kier alpha value is -1.10. The van der Waals surface area contributed by atoms with E-state index >= 15 is 0 Å². The van der Waals surface area contributed by atoms with Gasteiger partial charge < -0.3 is 15.3 Å². The van der Waals surface area contributed by atoms with Crippen molar-refractivity contribution in [3.8, 4) is 0 Å². The summed E-state index contributed by atoms with van der Waals surface area (Å²) < 4.78 is 0. The summed E-state index contributed by atoms with van der Waals surface area (Å²) in [4.78, 5) is 26.5. The standard InChI is InChI=1S/C17H30N2O3/c1-3-6-12(2)19-10-14(9-16(19)21)17(22)18-15-8-5-4-7-13(15)11-20/h12-15,20H,3-11H2,1-2H3,(H,18,22). The average molecular weight is 310 g/mol. The number of carbonyl (C=O) groups is 2. The molecule has 0 bridgehead atoms. The first kappa shape index (κ1) is 17.3. The average Bonchev–Trinajstić information content (AvgIpc) is 2.90. The van der Waals surface area contributed by atoms with E-state index in [1.165, 1.54) is 0 Å². The van der Waals surface area contributed by atoms with Crippen LogP contribution in [0.15, 0.2) is 0 Å². The molecule has 1 saturated carbocycles. The Morgan fingerprint density at radius 2 is 2.14 bits per heavy atom. The van der Waals surface area contributed by atoms with Gasteiger partial charge in [-0.2, -0.15) is 0 Å². The van der Waals surface area contributed by atoms with Gasteiger partial charge in [-0.3, -0.25) is 9.59 Å². The van der Waals surface area contributed by atoms with E-state index in [1.807, 2.05) is 4.90 Å². The van der Waals surface area contributed by atoms with Crippen LogP contribution in [0.2, 0.25) is 0 Å². The van der Waals surface area contributed by atoms with E-state index in [9.17, 15) is 14.7 Å². The monoisotopic (exact) mass is 310 g/mol. The first-order valence-corrected chi connectivity index (χ1v) is 8.77. The minimum atomic E-state index is -0.229. The van der Waals surface area contributed by atoms with Crippen molar-refractivity contribution in [1.29, 1.82) is 0 Å². The fraction of sp³-hybridized carbons (Fsp3) is 0.882. The van der Waals surface area contributed by atoms with E-state index in [0.29, 0.717) is 13.0 Å². The smallest absolute Gasteiger partial charge is 0.225 e. The first-order valence-electron chi connectivity index (χ1n) is 8.77. The highest BCUT2D eigenvalue weighted by Gasteiger charge is 2.37. The maximum atomic E-state index is 12.5. The lowest BCUT2D eigenvalue weighted by molar-refractivity contribution is -0.130. The van der Waals surface area contributed by atoms with Crippen molar-refractivity contribution in [2.24, 2.45) is 11.8 Å². The molecule has 2 rings (SSSR count). The molecule has 4 atom stereocenters. The molecule has 2 aliphatic rings. The van der Waals surface area contributed by atoms with Gasteiger partial charge in [-0.25, -0.2) is 0 Å². The molecule has 2 fully saturated rings. The van der Waals surface area contributed by atoms with Crippen molar-refractivity contribution in [3.05, 3.63) is 0 Å². The van der Waals surface area contributed by atoms with Crippen LogP contribution in [0.25, 0.3) is 0 Å². The fourth-order valence-corrected chi connectivity index (χ4v) is 3.82. The van der Waals surface area contributed by atoms with Gasteiger partial charge in [-0.1, -0.05) is 26.2 Å². The number of nitrogens with zero attached hydrogens (tertiary/aromatic N) is 1. The van der Waals surface area contributed by atoms with Crippen LogP contribution in [0.1, 0.15) is 58.8 Å². The number of amides is 2. The molecule has 1 saturated heterocycles. The van der Waals surface area contributed by atoms with E-state index < -0.39 is 0 Å². The molecule has 1 aliphatic heterocycles. The minimum Gasteiger partial charge on any atom is -0.396 e. The fourth-order valence-electron chi connectivity index (χ4n) is 3.82. The van der Waals surface area contributed by atoms with Crippen LogP contribution >= 0.6 is 0 Å². The second-order valence-corrected chi connectivity index (χ2v) is 6.93. The van der Waals surface area contributed by atoms with Gasteiger partial charge in [0.05, 0.1) is 5.92 Å². The molecule has 22 heavy (non-hydrogen) atoms. The maximum Gasteiger partial charge on any atom is 0.225 e. The van der Waals surface area contributed by atoms with Crippen molar-refractivity contribution in [2.45, 2.75) is 70.9 Å².